The molecule has 0 aliphatic heterocycles. The summed E-state index contributed by atoms with van der Waals surface area (Å²) in [6.07, 6.45) is 5.24. The van der Waals surface area contributed by atoms with Gasteiger partial charge >= 0.3 is 6.01 Å². The summed E-state index contributed by atoms with van der Waals surface area (Å²) in [5.41, 5.74) is 0. The fourth-order valence-corrected chi connectivity index (χ4v) is 2.42. The van der Waals surface area contributed by atoms with Gasteiger partial charge in [-0.15, -0.1) is 0 Å². The topological polar surface area (TPSA) is 59.9 Å². The number of nitrogens with zero attached hydrogens (tertiary/aromatic N) is 3. The van der Waals surface area contributed by atoms with E-state index in [1.165, 1.54) is 25.7 Å². The average Bonchev–Trinajstić information content (AvgIpc) is 3.18. The molecule has 0 aromatic carbocycles. The lowest BCUT2D eigenvalue weighted by atomic mass is 10.1. The van der Waals surface area contributed by atoms with Gasteiger partial charge < -0.3 is 10.1 Å². The van der Waals surface area contributed by atoms with E-state index >= 15 is 0 Å². The fourth-order valence-electron chi connectivity index (χ4n) is 2.27. The highest BCUT2D eigenvalue weighted by Gasteiger charge is 2.41. The molecule has 0 amide bonds. The van der Waals surface area contributed by atoms with Gasteiger partial charge in [0.15, 0.2) is 0 Å². The van der Waals surface area contributed by atoms with Crippen molar-refractivity contribution in [1.82, 2.24) is 15.0 Å². The number of hydrogen-bond donors (Lipinski definition) is 1. The monoisotopic (exact) mass is 268 g/mol. The number of anilines is 1. The van der Waals surface area contributed by atoms with Crippen molar-refractivity contribution in [3.8, 4) is 6.01 Å². The van der Waals surface area contributed by atoms with Crippen molar-refractivity contribution in [2.45, 2.75) is 38.6 Å². The molecule has 6 heteroatoms. The van der Waals surface area contributed by atoms with Crippen LogP contribution >= 0.6 is 11.6 Å². The first-order chi connectivity index (χ1) is 8.76. The third-order valence-electron chi connectivity index (χ3n) is 3.42. The third-order valence-corrected chi connectivity index (χ3v) is 3.59. The standard InChI is InChI=1S/C12H17ClN4O/c1-2-18-12-16-10(13)15-11(17-12)14-9(7-3-4-7)8-5-6-8/h7-9H,2-6H2,1H3,(H,14,15,16,17). The molecule has 0 saturated heterocycles. The van der Waals surface area contributed by atoms with Crippen molar-refractivity contribution in [1.29, 1.82) is 0 Å². The molecule has 1 heterocycles. The first kappa shape index (κ1) is 12.0. The SMILES string of the molecule is CCOc1nc(Cl)nc(NC(C2CC2)C2CC2)n1. The van der Waals surface area contributed by atoms with E-state index < -0.39 is 0 Å². The maximum absolute atomic E-state index is 5.88. The van der Waals surface area contributed by atoms with Gasteiger partial charge in [0.25, 0.3) is 0 Å². The van der Waals surface area contributed by atoms with Gasteiger partial charge in [0, 0.05) is 6.04 Å². The van der Waals surface area contributed by atoms with Crippen LogP contribution in [0.1, 0.15) is 32.6 Å². The van der Waals surface area contributed by atoms with Gasteiger partial charge in [-0.25, -0.2) is 0 Å². The lowest BCUT2D eigenvalue weighted by Crippen LogP contribution is -2.25. The highest BCUT2D eigenvalue weighted by Crippen LogP contribution is 2.45. The number of hydrogen-bond acceptors (Lipinski definition) is 5. The van der Waals surface area contributed by atoms with Crippen molar-refractivity contribution in [2.24, 2.45) is 11.8 Å². The number of nitrogens with one attached hydrogen (secondary N) is 1. The molecule has 2 fully saturated rings. The molecule has 1 aromatic heterocycles. The smallest absolute Gasteiger partial charge is 0.322 e. The molecule has 0 atom stereocenters. The minimum absolute atomic E-state index is 0.182. The summed E-state index contributed by atoms with van der Waals surface area (Å²) in [7, 11) is 0. The normalized spacial score (nSPS) is 19.1. The molecule has 18 heavy (non-hydrogen) atoms. The quantitative estimate of drug-likeness (QED) is 0.859. The van der Waals surface area contributed by atoms with Gasteiger partial charge in [-0.1, -0.05) is 0 Å². The molecule has 2 aliphatic rings. The number of halogens is 1. The summed E-state index contributed by atoms with van der Waals surface area (Å²) >= 11 is 5.88. The number of rotatable bonds is 6. The Bertz CT molecular complexity index is 422. The second-order valence-corrected chi connectivity index (χ2v) is 5.33. The Morgan fingerprint density at radius 3 is 2.44 bits per heavy atom. The molecule has 5 nitrogen and oxygen atoms in total. The summed E-state index contributed by atoms with van der Waals surface area (Å²) in [4.78, 5) is 12.3. The van der Waals surface area contributed by atoms with Gasteiger partial charge in [0.2, 0.25) is 11.2 Å². The van der Waals surface area contributed by atoms with Crippen LogP contribution in [0.2, 0.25) is 5.28 Å². The van der Waals surface area contributed by atoms with Crippen LogP contribution in [-0.4, -0.2) is 27.6 Å². The molecular formula is C12H17ClN4O. The van der Waals surface area contributed by atoms with Gasteiger partial charge in [-0.05, 0) is 56.0 Å². The fraction of sp³-hybridized carbons (Fsp3) is 0.750. The van der Waals surface area contributed by atoms with Crippen LogP contribution in [0.5, 0.6) is 6.01 Å². The Morgan fingerprint density at radius 2 is 1.89 bits per heavy atom. The zero-order valence-electron chi connectivity index (χ0n) is 10.4. The Kier molecular flexibility index (Phi) is 3.24. The van der Waals surface area contributed by atoms with Gasteiger partial charge in [0.1, 0.15) is 0 Å². The third kappa shape index (κ3) is 2.83. The summed E-state index contributed by atoms with van der Waals surface area (Å²) in [6.45, 7) is 2.41. The molecule has 1 N–H and O–H groups in total. The minimum Gasteiger partial charge on any atom is -0.464 e. The highest BCUT2D eigenvalue weighted by molar-refractivity contribution is 6.28. The Hall–Kier alpha value is -1.10. The first-order valence-electron chi connectivity index (χ1n) is 6.57. The molecule has 98 valence electrons. The van der Waals surface area contributed by atoms with Crippen LogP contribution in [0.25, 0.3) is 0 Å². The zero-order valence-corrected chi connectivity index (χ0v) is 11.2. The molecule has 0 radical (unpaired) electrons. The van der Waals surface area contributed by atoms with E-state index in [0.717, 1.165) is 11.8 Å². The van der Waals surface area contributed by atoms with Crippen LogP contribution in [0, 0.1) is 11.8 Å². The second kappa shape index (κ2) is 4.88. The lowest BCUT2D eigenvalue weighted by Gasteiger charge is -2.17. The average molecular weight is 269 g/mol. The summed E-state index contributed by atoms with van der Waals surface area (Å²) in [5.74, 6) is 2.11. The van der Waals surface area contributed by atoms with E-state index in [1.54, 1.807) is 0 Å². The highest BCUT2D eigenvalue weighted by atomic mass is 35.5. The van der Waals surface area contributed by atoms with E-state index in [4.69, 9.17) is 16.3 Å². The molecule has 0 unspecified atom stereocenters. The van der Waals surface area contributed by atoms with E-state index in [9.17, 15) is 0 Å². The Balaban J connectivity index is 1.73. The predicted molar refractivity (Wildman–Crippen MR) is 68.9 cm³/mol. The first-order valence-corrected chi connectivity index (χ1v) is 6.95. The van der Waals surface area contributed by atoms with Crippen molar-refractivity contribution < 1.29 is 4.74 Å². The maximum Gasteiger partial charge on any atom is 0.322 e. The van der Waals surface area contributed by atoms with Crippen molar-refractivity contribution >= 4 is 17.5 Å². The van der Waals surface area contributed by atoms with E-state index in [0.29, 0.717) is 24.6 Å². The largest absolute Gasteiger partial charge is 0.464 e. The van der Waals surface area contributed by atoms with Crippen LogP contribution in [0.15, 0.2) is 0 Å². The number of ether oxygens (including phenoxy) is 1. The van der Waals surface area contributed by atoms with E-state index in [1.807, 2.05) is 6.92 Å². The van der Waals surface area contributed by atoms with E-state index in [-0.39, 0.29) is 5.28 Å². The molecule has 0 spiro atoms. The summed E-state index contributed by atoms with van der Waals surface area (Å²) < 4.78 is 5.27. The summed E-state index contributed by atoms with van der Waals surface area (Å²) in [6, 6.07) is 0.795. The van der Waals surface area contributed by atoms with Crippen LogP contribution in [-0.2, 0) is 0 Å². The van der Waals surface area contributed by atoms with Crippen LogP contribution < -0.4 is 10.1 Å². The molecule has 0 bridgehead atoms. The maximum atomic E-state index is 5.88. The van der Waals surface area contributed by atoms with Gasteiger partial charge in [-0.2, -0.15) is 15.0 Å². The molecule has 2 aliphatic carbocycles. The Labute approximate surface area is 111 Å². The lowest BCUT2D eigenvalue weighted by molar-refractivity contribution is 0.311. The molecule has 3 rings (SSSR count). The number of aromatic nitrogens is 3. The molecule has 2 saturated carbocycles. The van der Waals surface area contributed by atoms with Crippen LogP contribution in [0.4, 0.5) is 5.95 Å². The zero-order chi connectivity index (χ0) is 12.5. The Morgan fingerprint density at radius 1 is 1.22 bits per heavy atom. The molecule has 1 aromatic rings. The minimum atomic E-state index is 0.182. The molecular weight excluding hydrogens is 252 g/mol. The second-order valence-electron chi connectivity index (χ2n) is 4.99. The predicted octanol–water partition coefficient (Wildman–Crippen LogP) is 2.52. The van der Waals surface area contributed by atoms with Gasteiger partial charge in [-0.3, -0.25) is 0 Å². The van der Waals surface area contributed by atoms with Crippen LogP contribution in [0.3, 0.4) is 0 Å². The van der Waals surface area contributed by atoms with Crippen molar-refractivity contribution in [3.05, 3.63) is 5.28 Å². The van der Waals surface area contributed by atoms with E-state index in [2.05, 4.69) is 20.3 Å². The van der Waals surface area contributed by atoms with Gasteiger partial charge in [0.05, 0.1) is 6.61 Å². The van der Waals surface area contributed by atoms with Crippen molar-refractivity contribution in [2.75, 3.05) is 11.9 Å². The summed E-state index contributed by atoms with van der Waals surface area (Å²) in [5, 5.41) is 3.60. The van der Waals surface area contributed by atoms with Crippen molar-refractivity contribution in [3.63, 3.8) is 0 Å².